The second-order valence-electron chi connectivity index (χ2n) is 6.10. The van der Waals surface area contributed by atoms with E-state index in [1.165, 1.54) is 19.1 Å². The van der Waals surface area contributed by atoms with Crippen LogP contribution in [0.3, 0.4) is 0 Å². The van der Waals surface area contributed by atoms with E-state index < -0.39 is 11.5 Å². The van der Waals surface area contributed by atoms with Crippen LogP contribution in [0.4, 0.5) is 5.69 Å². The molecule has 0 saturated carbocycles. The molecular formula is C20H21NO5. The van der Waals surface area contributed by atoms with Crippen LogP contribution in [-0.2, 0) is 10.4 Å². The second kappa shape index (κ2) is 6.80. The first-order valence-corrected chi connectivity index (χ1v) is 8.35. The Balaban J connectivity index is 1.95. The third-order valence-electron chi connectivity index (χ3n) is 4.68. The van der Waals surface area contributed by atoms with Crippen LogP contribution >= 0.6 is 0 Å². The van der Waals surface area contributed by atoms with Crippen molar-refractivity contribution in [2.45, 2.75) is 18.9 Å². The Morgan fingerprint density at radius 1 is 1.12 bits per heavy atom. The smallest absolute Gasteiger partial charge is 0.264 e. The van der Waals surface area contributed by atoms with Crippen LogP contribution in [0.2, 0.25) is 0 Å². The Bertz CT molecular complexity index is 863. The van der Waals surface area contributed by atoms with E-state index in [1.807, 2.05) is 6.92 Å². The van der Waals surface area contributed by atoms with Gasteiger partial charge >= 0.3 is 0 Å². The maximum Gasteiger partial charge on any atom is 0.264 e. The van der Waals surface area contributed by atoms with Crippen molar-refractivity contribution in [2.75, 3.05) is 25.7 Å². The molecule has 1 aliphatic rings. The average Bonchev–Trinajstić information content (AvgIpc) is 2.88. The highest BCUT2D eigenvalue weighted by Gasteiger charge is 2.50. The molecule has 1 atom stereocenters. The number of hydrogen-bond acceptors (Lipinski definition) is 5. The molecule has 6 heteroatoms. The first kappa shape index (κ1) is 17.9. The molecule has 1 heterocycles. The van der Waals surface area contributed by atoms with E-state index in [0.29, 0.717) is 34.9 Å². The summed E-state index contributed by atoms with van der Waals surface area (Å²) >= 11 is 0. The topological polar surface area (TPSA) is 76.1 Å². The van der Waals surface area contributed by atoms with Gasteiger partial charge < -0.3 is 19.5 Å². The first-order chi connectivity index (χ1) is 12.5. The quantitative estimate of drug-likeness (QED) is 0.806. The third-order valence-corrected chi connectivity index (χ3v) is 4.68. The maximum absolute atomic E-state index is 12.8. The molecule has 0 fully saturated rings. The Kier molecular flexibility index (Phi) is 4.70. The normalized spacial score (nSPS) is 18.6. The largest absolute Gasteiger partial charge is 0.493 e. The van der Waals surface area contributed by atoms with Crippen LogP contribution in [0.15, 0.2) is 42.5 Å². The van der Waals surface area contributed by atoms with Crippen molar-refractivity contribution < 1.29 is 24.2 Å². The molecule has 0 spiro atoms. The molecule has 26 heavy (non-hydrogen) atoms. The van der Waals surface area contributed by atoms with Crippen LogP contribution in [-0.4, -0.2) is 37.6 Å². The van der Waals surface area contributed by atoms with Crippen molar-refractivity contribution in [3.8, 4) is 11.5 Å². The van der Waals surface area contributed by atoms with Gasteiger partial charge in [-0.1, -0.05) is 18.2 Å². The molecule has 2 aromatic carbocycles. The molecule has 136 valence electrons. The van der Waals surface area contributed by atoms with Gasteiger partial charge in [0.25, 0.3) is 5.91 Å². The summed E-state index contributed by atoms with van der Waals surface area (Å²) in [5.74, 6) is 0.0884. The van der Waals surface area contributed by atoms with Crippen LogP contribution in [0.1, 0.15) is 29.3 Å². The molecule has 1 N–H and O–H groups in total. The number of anilines is 1. The summed E-state index contributed by atoms with van der Waals surface area (Å²) in [6, 6.07) is 11.8. The fourth-order valence-electron chi connectivity index (χ4n) is 3.34. The maximum atomic E-state index is 12.8. The minimum atomic E-state index is -1.86. The molecule has 1 aliphatic heterocycles. The van der Waals surface area contributed by atoms with Gasteiger partial charge in [0, 0.05) is 17.7 Å². The molecule has 1 amide bonds. The number of hydrogen-bond donors (Lipinski definition) is 1. The number of aliphatic hydroxyl groups is 1. The molecule has 0 aliphatic carbocycles. The van der Waals surface area contributed by atoms with Crippen molar-refractivity contribution in [3.63, 3.8) is 0 Å². The number of fused-ring (bicyclic) bond motifs is 1. The van der Waals surface area contributed by atoms with Gasteiger partial charge in [-0.2, -0.15) is 0 Å². The lowest BCUT2D eigenvalue weighted by Gasteiger charge is -2.22. The van der Waals surface area contributed by atoms with Crippen molar-refractivity contribution in [1.29, 1.82) is 0 Å². The highest BCUT2D eigenvalue weighted by molar-refractivity contribution is 6.10. The Hall–Kier alpha value is -2.86. The fraction of sp³-hybridized carbons (Fsp3) is 0.300. The zero-order valence-electron chi connectivity index (χ0n) is 15.0. The number of ether oxygens (including phenoxy) is 2. The standard InChI is InChI=1S/C20H21NO5/c1-4-21-15-8-6-5-7-14(15)20(24,19(21)23)12-16(22)13-9-10-17(25-2)18(11-13)26-3/h5-11,24H,4,12H2,1-3H3. The molecule has 0 bridgehead atoms. The number of ketones is 1. The van der Waals surface area contributed by atoms with E-state index >= 15 is 0 Å². The summed E-state index contributed by atoms with van der Waals surface area (Å²) in [6.45, 7) is 2.25. The van der Waals surface area contributed by atoms with Crippen molar-refractivity contribution in [2.24, 2.45) is 0 Å². The summed E-state index contributed by atoms with van der Waals surface area (Å²) in [4.78, 5) is 27.1. The molecule has 0 aromatic heterocycles. The average molecular weight is 355 g/mol. The molecule has 6 nitrogen and oxygen atoms in total. The van der Waals surface area contributed by atoms with Gasteiger partial charge in [0.15, 0.2) is 22.9 Å². The van der Waals surface area contributed by atoms with Crippen molar-refractivity contribution in [1.82, 2.24) is 0 Å². The molecular weight excluding hydrogens is 334 g/mol. The number of carbonyl (C=O) groups excluding carboxylic acids is 2. The van der Waals surface area contributed by atoms with E-state index in [-0.39, 0.29) is 12.2 Å². The lowest BCUT2D eigenvalue weighted by molar-refractivity contribution is -0.135. The van der Waals surface area contributed by atoms with Crippen LogP contribution in [0.25, 0.3) is 0 Å². The number of methoxy groups -OCH3 is 2. The summed E-state index contributed by atoms with van der Waals surface area (Å²) in [5, 5.41) is 11.1. The van der Waals surface area contributed by atoms with E-state index in [0.717, 1.165) is 0 Å². The van der Waals surface area contributed by atoms with E-state index in [4.69, 9.17) is 9.47 Å². The monoisotopic (exact) mass is 355 g/mol. The molecule has 0 radical (unpaired) electrons. The highest BCUT2D eigenvalue weighted by atomic mass is 16.5. The van der Waals surface area contributed by atoms with Crippen molar-refractivity contribution in [3.05, 3.63) is 53.6 Å². The number of amides is 1. The minimum Gasteiger partial charge on any atom is -0.493 e. The number of para-hydroxylation sites is 1. The predicted octanol–water partition coefficient (Wildman–Crippen LogP) is 2.53. The van der Waals surface area contributed by atoms with Gasteiger partial charge in [-0.15, -0.1) is 0 Å². The Morgan fingerprint density at radius 3 is 2.46 bits per heavy atom. The van der Waals surface area contributed by atoms with E-state index in [9.17, 15) is 14.7 Å². The molecule has 2 aromatic rings. The van der Waals surface area contributed by atoms with Gasteiger partial charge in [-0.3, -0.25) is 9.59 Å². The number of carbonyl (C=O) groups is 2. The molecule has 3 rings (SSSR count). The predicted molar refractivity (Wildman–Crippen MR) is 96.9 cm³/mol. The summed E-state index contributed by atoms with van der Waals surface area (Å²) < 4.78 is 10.4. The lowest BCUT2D eigenvalue weighted by Crippen LogP contribution is -2.41. The van der Waals surface area contributed by atoms with E-state index in [2.05, 4.69) is 0 Å². The molecule has 1 unspecified atom stereocenters. The SMILES string of the molecule is CCN1C(=O)C(O)(CC(=O)c2ccc(OC)c(OC)c2)c2ccccc21. The van der Waals surface area contributed by atoms with Crippen LogP contribution in [0, 0.1) is 0 Å². The Morgan fingerprint density at radius 2 is 1.81 bits per heavy atom. The zero-order chi connectivity index (χ0) is 18.9. The second-order valence-corrected chi connectivity index (χ2v) is 6.10. The zero-order valence-corrected chi connectivity index (χ0v) is 15.0. The number of benzene rings is 2. The highest BCUT2D eigenvalue weighted by Crippen LogP contribution is 2.42. The summed E-state index contributed by atoms with van der Waals surface area (Å²) in [6.07, 6.45) is -0.338. The van der Waals surface area contributed by atoms with Gasteiger partial charge in [0.05, 0.1) is 26.3 Å². The van der Waals surface area contributed by atoms with Crippen LogP contribution in [0.5, 0.6) is 11.5 Å². The van der Waals surface area contributed by atoms with Gasteiger partial charge in [0.1, 0.15) is 0 Å². The Labute approximate surface area is 152 Å². The van der Waals surface area contributed by atoms with E-state index in [1.54, 1.807) is 42.5 Å². The fourth-order valence-corrected chi connectivity index (χ4v) is 3.34. The third kappa shape index (κ3) is 2.72. The van der Waals surface area contributed by atoms with Gasteiger partial charge in [-0.05, 0) is 31.2 Å². The van der Waals surface area contributed by atoms with Gasteiger partial charge in [-0.25, -0.2) is 0 Å². The lowest BCUT2D eigenvalue weighted by atomic mass is 9.88. The first-order valence-electron chi connectivity index (χ1n) is 8.35. The molecule has 0 saturated heterocycles. The van der Waals surface area contributed by atoms with Crippen LogP contribution < -0.4 is 14.4 Å². The minimum absolute atomic E-state index is 0.338. The summed E-state index contributed by atoms with van der Waals surface area (Å²) in [7, 11) is 2.99. The number of Topliss-reactive ketones (excluding diaryl/α,β-unsaturated/α-hetero) is 1. The number of rotatable bonds is 6. The van der Waals surface area contributed by atoms with Crippen molar-refractivity contribution >= 4 is 17.4 Å². The number of likely N-dealkylation sites (N-methyl/N-ethyl adjacent to an activating group) is 1. The number of nitrogens with zero attached hydrogens (tertiary/aromatic N) is 1. The van der Waals surface area contributed by atoms with Gasteiger partial charge in [0.2, 0.25) is 0 Å². The summed E-state index contributed by atoms with van der Waals surface area (Å²) in [5.41, 5.74) is -0.420.